The van der Waals surface area contributed by atoms with Crippen LogP contribution in [0, 0.1) is 6.92 Å². The smallest absolute Gasteiger partial charge is 0.236 e. The summed E-state index contributed by atoms with van der Waals surface area (Å²) in [7, 11) is -3.50. The monoisotopic (exact) mass is 372 g/mol. The molecule has 3 rings (SSSR count). The number of benzene rings is 2. The summed E-state index contributed by atoms with van der Waals surface area (Å²) in [6.07, 6.45) is 2.19. The van der Waals surface area contributed by atoms with Gasteiger partial charge in [-0.1, -0.05) is 36.8 Å². The number of hydrogen-bond donors (Lipinski definition) is 1. The predicted molar refractivity (Wildman–Crippen MR) is 105 cm³/mol. The molecule has 1 N–H and O–H groups in total. The Morgan fingerprint density at radius 1 is 1.19 bits per heavy atom. The summed E-state index contributed by atoms with van der Waals surface area (Å²) in [4.78, 5) is 13.9. The first-order chi connectivity index (χ1) is 12.4. The third-order valence-electron chi connectivity index (χ3n) is 4.51. The van der Waals surface area contributed by atoms with Crippen LogP contribution >= 0.6 is 0 Å². The number of anilines is 2. The van der Waals surface area contributed by atoms with Gasteiger partial charge < -0.3 is 4.90 Å². The zero-order valence-corrected chi connectivity index (χ0v) is 16.0. The molecule has 0 spiro atoms. The largest absolute Gasteiger partial charge is 0.312 e. The van der Waals surface area contributed by atoms with Crippen molar-refractivity contribution in [2.75, 3.05) is 16.2 Å². The maximum atomic E-state index is 12.5. The molecule has 1 aliphatic rings. The fraction of sp³-hybridized carbons (Fsp3) is 0.350. The molecule has 6 heteroatoms. The molecule has 1 aliphatic heterocycles. The molecular formula is C20H24N2O3S. The van der Waals surface area contributed by atoms with Gasteiger partial charge in [0.2, 0.25) is 15.9 Å². The number of hydrogen-bond acceptors (Lipinski definition) is 3. The lowest BCUT2D eigenvalue weighted by Crippen LogP contribution is -2.34. The van der Waals surface area contributed by atoms with Crippen LogP contribution in [0.5, 0.6) is 0 Å². The van der Waals surface area contributed by atoms with Crippen molar-refractivity contribution in [1.82, 2.24) is 0 Å². The number of carbonyl (C=O) groups excluding carboxylic acids is 1. The second-order valence-electron chi connectivity index (χ2n) is 6.70. The summed E-state index contributed by atoms with van der Waals surface area (Å²) in [5.74, 6) is 0.0328. The molecule has 0 atom stereocenters. The fourth-order valence-corrected chi connectivity index (χ4v) is 4.52. The van der Waals surface area contributed by atoms with E-state index in [4.69, 9.17) is 0 Å². The van der Waals surface area contributed by atoms with E-state index in [1.165, 1.54) is 0 Å². The minimum atomic E-state index is -3.50. The lowest BCUT2D eigenvalue weighted by molar-refractivity contribution is -0.118. The van der Waals surface area contributed by atoms with Crippen molar-refractivity contribution < 1.29 is 13.2 Å². The van der Waals surface area contributed by atoms with Gasteiger partial charge in [0.1, 0.15) is 0 Å². The van der Waals surface area contributed by atoms with Crippen molar-refractivity contribution in [1.29, 1.82) is 0 Å². The highest BCUT2D eigenvalue weighted by Gasteiger charge is 2.22. The lowest BCUT2D eigenvalue weighted by atomic mass is 10.0. The molecule has 138 valence electrons. The standard InChI is InChI=1S/C20H24N2O3S/c1-3-20(23)22-11-5-8-17-13-18(9-10-19(17)22)21-26(24,25)14-16-7-4-6-15(2)12-16/h4,6-7,9-10,12-13,21H,3,5,8,11,14H2,1-2H3. The molecule has 0 aliphatic carbocycles. The highest BCUT2D eigenvalue weighted by Crippen LogP contribution is 2.30. The first-order valence-corrected chi connectivity index (χ1v) is 10.5. The van der Waals surface area contributed by atoms with Crippen LogP contribution in [-0.2, 0) is 27.0 Å². The third-order valence-corrected chi connectivity index (χ3v) is 5.77. The molecule has 0 aromatic heterocycles. The number of rotatable bonds is 5. The third kappa shape index (κ3) is 4.25. The van der Waals surface area contributed by atoms with Crippen LogP contribution in [0.15, 0.2) is 42.5 Å². The van der Waals surface area contributed by atoms with E-state index in [0.717, 1.165) is 41.8 Å². The molecule has 0 saturated heterocycles. The zero-order valence-electron chi connectivity index (χ0n) is 15.2. The number of nitrogens with one attached hydrogen (secondary N) is 1. The quantitative estimate of drug-likeness (QED) is 0.872. The van der Waals surface area contributed by atoms with Crippen LogP contribution in [0.1, 0.15) is 36.5 Å². The Labute approximate surface area is 155 Å². The van der Waals surface area contributed by atoms with E-state index in [1.807, 2.05) is 50.2 Å². The number of aryl methyl sites for hydroxylation is 2. The molecule has 5 nitrogen and oxygen atoms in total. The fourth-order valence-electron chi connectivity index (χ4n) is 3.35. The number of fused-ring (bicyclic) bond motifs is 1. The van der Waals surface area contributed by atoms with Gasteiger partial charge in [-0.25, -0.2) is 8.42 Å². The van der Waals surface area contributed by atoms with Crippen LogP contribution in [0.4, 0.5) is 11.4 Å². The van der Waals surface area contributed by atoms with Crippen LogP contribution < -0.4 is 9.62 Å². The Morgan fingerprint density at radius 2 is 2.00 bits per heavy atom. The highest BCUT2D eigenvalue weighted by molar-refractivity contribution is 7.91. The maximum absolute atomic E-state index is 12.5. The van der Waals surface area contributed by atoms with Crippen LogP contribution in [0.2, 0.25) is 0 Å². The van der Waals surface area contributed by atoms with Crippen molar-refractivity contribution in [2.24, 2.45) is 0 Å². The minimum absolute atomic E-state index is 0.0633. The van der Waals surface area contributed by atoms with Crippen molar-refractivity contribution in [2.45, 2.75) is 38.9 Å². The van der Waals surface area contributed by atoms with E-state index in [0.29, 0.717) is 12.1 Å². The second-order valence-corrected chi connectivity index (χ2v) is 8.42. The van der Waals surface area contributed by atoms with Crippen LogP contribution in [0.3, 0.4) is 0 Å². The number of carbonyl (C=O) groups is 1. The average Bonchev–Trinajstić information content (AvgIpc) is 2.59. The molecule has 1 amide bonds. The van der Waals surface area contributed by atoms with E-state index in [1.54, 1.807) is 11.0 Å². The molecule has 0 saturated carbocycles. The Morgan fingerprint density at radius 3 is 2.73 bits per heavy atom. The SMILES string of the molecule is CCC(=O)N1CCCc2cc(NS(=O)(=O)Cc3cccc(C)c3)ccc21. The van der Waals surface area contributed by atoms with E-state index >= 15 is 0 Å². The van der Waals surface area contributed by atoms with Crippen molar-refractivity contribution >= 4 is 27.3 Å². The Balaban J connectivity index is 1.79. The highest BCUT2D eigenvalue weighted by atomic mass is 32.2. The van der Waals surface area contributed by atoms with Gasteiger partial charge in [-0.3, -0.25) is 9.52 Å². The summed E-state index contributed by atoms with van der Waals surface area (Å²) in [5, 5.41) is 0. The summed E-state index contributed by atoms with van der Waals surface area (Å²) < 4.78 is 27.6. The summed E-state index contributed by atoms with van der Waals surface area (Å²) in [6.45, 7) is 4.51. The van der Waals surface area contributed by atoms with Gasteiger partial charge in [0.05, 0.1) is 5.75 Å². The van der Waals surface area contributed by atoms with Gasteiger partial charge in [0.25, 0.3) is 0 Å². The van der Waals surface area contributed by atoms with E-state index < -0.39 is 10.0 Å². The van der Waals surface area contributed by atoms with Crippen LogP contribution in [0.25, 0.3) is 0 Å². The lowest BCUT2D eigenvalue weighted by Gasteiger charge is -2.29. The van der Waals surface area contributed by atoms with Gasteiger partial charge in [0.15, 0.2) is 0 Å². The minimum Gasteiger partial charge on any atom is -0.312 e. The molecule has 2 aromatic carbocycles. The first kappa shape index (κ1) is 18.5. The van der Waals surface area contributed by atoms with Gasteiger partial charge >= 0.3 is 0 Å². The van der Waals surface area contributed by atoms with Crippen LogP contribution in [-0.4, -0.2) is 20.9 Å². The molecule has 0 radical (unpaired) electrons. The topological polar surface area (TPSA) is 66.5 Å². The van der Waals surface area contributed by atoms with Gasteiger partial charge in [-0.2, -0.15) is 0 Å². The molecule has 0 unspecified atom stereocenters. The molecule has 2 aromatic rings. The maximum Gasteiger partial charge on any atom is 0.236 e. The summed E-state index contributed by atoms with van der Waals surface area (Å²) in [6, 6.07) is 12.9. The van der Waals surface area contributed by atoms with Gasteiger partial charge in [-0.05, 0) is 49.1 Å². The molecule has 1 heterocycles. The van der Waals surface area contributed by atoms with E-state index in [-0.39, 0.29) is 11.7 Å². The normalized spacial score (nSPS) is 14.0. The van der Waals surface area contributed by atoms with E-state index in [9.17, 15) is 13.2 Å². The number of nitrogens with zero attached hydrogens (tertiary/aromatic N) is 1. The Kier molecular flexibility index (Phi) is 5.32. The van der Waals surface area contributed by atoms with Gasteiger partial charge in [-0.15, -0.1) is 0 Å². The Bertz CT molecular complexity index is 922. The number of sulfonamides is 1. The second kappa shape index (κ2) is 7.50. The van der Waals surface area contributed by atoms with Gasteiger partial charge in [0, 0.05) is 24.3 Å². The van der Waals surface area contributed by atoms with Crippen molar-refractivity contribution in [3.05, 3.63) is 59.2 Å². The molecule has 26 heavy (non-hydrogen) atoms. The summed E-state index contributed by atoms with van der Waals surface area (Å²) in [5.41, 5.74) is 4.24. The first-order valence-electron chi connectivity index (χ1n) is 8.87. The zero-order chi connectivity index (χ0) is 18.7. The van der Waals surface area contributed by atoms with Crippen molar-refractivity contribution in [3.63, 3.8) is 0 Å². The molecule has 0 fully saturated rings. The molecular weight excluding hydrogens is 348 g/mol. The average molecular weight is 372 g/mol. The molecule has 0 bridgehead atoms. The number of amides is 1. The predicted octanol–water partition coefficient (Wildman–Crippen LogP) is 3.63. The van der Waals surface area contributed by atoms with E-state index in [2.05, 4.69) is 4.72 Å². The Hall–Kier alpha value is -2.34. The summed E-state index contributed by atoms with van der Waals surface area (Å²) >= 11 is 0. The van der Waals surface area contributed by atoms with Crippen molar-refractivity contribution in [3.8, 4) is 0 Å².